The number of nitrogens with zero attached hydrogens (tertiary/aromatic N) is 2. The number of nitrogens with one attached hydrogen (secondary N) is 1. The Balaban J connectivity index is 3.01. The summed E-state index contributed by atoms with van der Waals surface area (Å²) in [7, 11) is 0. The number of carboxylic acids is 1. The van der Waals surface area contributed by atoms with Crippen LogP contribution in [0.15, 0.2) is 18.3 Å². The molecule has 1 atom stereocenters. The second-order valence-corrected chi connectivity index (χ2v) is 3.83. The minimum absolute atomic E-state index is 0.0291. The number of aliphatic carboxylic acids is 1. The van der Waals surface area contributed by atoms with Gasteiger partial charge in [-0.05, 0) is 12.0 Å². The first kappa shape index (κ1) is 12.9. The van der Waals surface area contributed by atoms with E-state index in [0.717, 1.165) is 0 Å². The van der Waals surface area contributed by atoms with E-state index in [1.807, 2.05) is 0 Å². The van der Waals surface area contributed by atoms with Crippen molar-refractivity contribution in [1.82, 2.24) is 4.98 Å². The second-order valence-electron chi connectivity index (χ2n) is 3.83. The highest BCUT2D eigenvalue weighted by Gasteiger charge is 2.25. The van der Waals surface area contributed by atoms with E-state index in [2.05, 4.69) is 10.3 Å². The lowest BCUT2D eigenvalue weighted by Crippen LogP contribution is -2.34. The Morgan fingerprint density at radius 3 is 2.71 bits per heavy atom. The molecular weight excluding hydrogens is 226 g/mol. The van der Waals surface area contributed by atoms with Crippen molar-refractivity contribution in [2.24, 2.45) is 5.92 Å². The molecule has 7 heteroatoms. The van der Waals surface area contributed by atoms with E-state index in [-0.39, 0.29) is 17.4 Å². The lowest BCUT2D eigenvalue weighted by atomic mass is 10.0. The van der Waals surface area contributed by atoms with E-state index in [0.29, 0.717) is 0 Å². The molecule has 0 saturated heterocycles. The van der Waals surface area contributed by atoms with Gasteiger partial charge in [0.15, 0.2) is 0 Å². The molecule has 0 aliphatic rings. The summed E-state index contributed by atoms with van der Waals surface area (Å²) in [5, 5.41) is 22.3. The van der Waals surface area contributed by atoms with Crippen molar-refractivity contribution in [3.8, 4) is 0 Å². The Labute approximate surface area is 97.6 Å². The molecule has 0 radical (unpaired) electrons. The van der Waals surface area contributed by atoms with Gasteiger partial charge >= 0.3 is 11.7 Å². The standard InChI is InChI=1S/C10H13N3O4/c1-6(2)8(10(14)15)12-9-7(13(16)17)4-3-5-11-9/h3-6,8H,1-2H3,(H,11,12)(H,14,15). The number of nitro groups is 1. The third-order valence-corrected chi connectivity index (χ3v) is 2.21. The number of aromatic nitrogens is 1. The summed E-state index contributed by atoms with van der Waals surface area (Å²) >= 11 is 0. The molecule has 0 saturated carbocycles. The van der Waals surface area contributed by atoms with Gasteiger partial charge in [-0.25, -0.2) is 9.78 Å². The van der Waals surface area contributed by atoms with Crippen molar-refractivity contribution in [3.05, 3.63) is 28.4 Å². The summed E-state index contributed by atoms with van der Waals surface area (Å²) in [4.78, 5) is 24.9. The zero-order chi connectivity index (χ0) is 13.0. The van der Waals surface area contributed by atoms with Crippen molar-refractivity contribution in [3.63, 3.8) is 0 Å². The maximum Gasteiger partial charge on any atom is 0.326 e. The van der Waals surface area contributed by atoms with Crippen LogP contribution in [0.25, 0.3) is 0 Å². The molecule has 1 unspecified atom stereocenters. The van der Waals surface area contributed by atoms with Crippen molar-refractivity contribution < 1.29 is 14.8 Å². The number of carboxylic acid groups (broad SMARTS) is 1. The number of pyridine rings is 1. The van der Waals surface area contributed by atoms with E-state index in [1.54, 1.807) is 13.8 Å². The Kier molecular flexibility index (Phi) is 3.97. The van der Waals surface area contributed by atoms with Gasteiger partial charge in [-0.3, -0.25) is 10.1 Å². The first-order chi connectivity index (χ1) is 7.93. The van der Waals surface area contributed by atoms with Gasteiger partial charge in [-0.2, -0.15) is 0 Å². The highest BCUT2D eigenvalue weighted by Crippen LogP contribution is 2.22. The summed E-state index contributed by atoms with van der Waals surface area (Å²) in [6.45, 7) is 3.42. The first-order valence-electron chi connectivity index (χ1n) is 5.02. The number of hydrogen-bond acceptors (Lipinski definition) is 5. The van der Waals surface area contributed by atoms with E-state index in [9.17, 15) is 14.9 Å². The third kappa shape index (κ3) is 3.13. The van der Waals surface area contributed by atoms with Gasteiger partial charge in [-0.1, -0.05) is 13.8 Å². The molecule has 7 nitrogen and oxygen atoms in total. The maximum absolute atomic E-state index is 11.0. The third-order valence-electron chi connectivity index (χ3n) is 2.21. The molecule has 0 aliphatic carbocycles. The molecule has 92 valence electrons. The molecule has 1 aromatic rings. The summed E-state index contributed by atoms with van der Waals surface area (Å²) in [6, 6.07) is 1.78. The van der Waals surface area contributed by atoms with Gasteiger partial charge in [0.05, 0.1) is 4.92 Å². The van der Waals surface area contributed by atoms with Gasteiger partial charge in [0.2, 0.25) is 5.82 Å². The highest BCUT2D eigenvalue weighted by molar-refractivity contribution is 5.78. The van der Waals surface area contributed by atoms with Gasteiger partial charge in [0.25, 0.3) is 0 Å². The molecule has 0 spiro atoms. The summed E-state index contributed by atoms with van der Waals surface area (Å²) in [5.41, 5.74) is -0.237. The zero-order valence-corrected chi connectivity index (χ0v) is 9.45. The smallest absolute Gasteiger partial charge is 0.326 e. The molecule has 0 aromatic carbocycles. The average molecular weight is 239 g/mol. The van der Waals surface area contributed by atoms with Crippen LogP contribution in [0.2, 0.25) is 0 Å². The van der Waals surface area contributed by atoms with Crippen LogP contribution in [0.3, 0.4) is 0 Å². The zero-order valence-electron chi connectivity index (χ0n) is 9.45. The number of hydrogen-bond donors (Lipinski definition) is 2. The Morgan fingerprint density at radius 2 is 2.24 bits per heavy atom. The summed E-state index contributed by atoms with van der Waals surface area (Å²) in [5.74, 6) is -1.31. The van der Waals surface area contributed by atoms with Gasteiger partial charge in [-0.15, -0.1) is 0 Å². The minimum atomic E-state index is -1.07. The molecule has 0 bridgehead atoms. The molecule has 1 rings (SSSR count). The predicted molar refractivity (Wildman–Crippen MR) is 60.8 cm³/mol. The van der Waals surface area contributed by atoms with Crippen molar-refractivity contribution in [1.29, 1.82) is 0 Å². The van der Waals surface area contributed by atoms with Crippen molar-refractivity contribution in [2.45, 2.75) is 19.9 Å². The molecule has 0 fully saturated rings. The molecule has 1 heterocycles. The van der Waals surface area contributed by atoms with Crippen LogP contribution in [-0.2, 0) is 4.79 Å². The normalized spacial score (nSPS) is 12.2. The average Bonchev–Trinajstić information content (AvgIpc) is 2.25. The van der Waals surface area contributed by atoms with E-state index in [1.165, 1.54) is 18.3 Å². The lowest BCUT2D eigenvalue weighted by Gasteiger charge is -2.18. The Morgan fingerprint density at radius 1 is 1.59 bits per heavy atom. The number of carbonyl (C=O) groups is 1. The monoisotopic (exact) mass is 239 g/mol. The molecule has 0 amide bonds. The molecular formula is C10H13N3O4. The topological polar surface area (TPSA) is 105 Å². The van der Waals surface area contributed by atoms with Crippen molar-refractivity contribution in [2.75, 3.05) is 5.32 Å². The summed E-state index contributed by atoms with van der Waals surface area (Å²) in [6.07, 6.45) is 1.37. The highest BCUT2D eigenvalue weighted by atomic mass is 16.6. The van der Waals surface area contributed by atoms with Crippen LogP contribution < -0.4 is 5.32 Å². The number of rotatable bonds is 5. The van der Waals surface area contributed by atoms with Crippen LogP contribution in [0.1, 0.15) is 13.8 Å². The molecule has 1 aromatic heterocycles. The van der Waals surface area contributed by atoms with Gasteiger partial charge < -0.3 is 10.4 Å². The number of anilines is 1. The van der Waals surface area contributed by atoms with E-state index in [4.69, 9.17) is 5.11 Å². The SMILES string of the molecule is CC(C)C(Nc1ncccc1[N+](=O)[O-])C(=O)O. The van der Waals surface area contributed by atoms with Gasteiger partial charge in [0, 0.05) is 12.3 Å². The van der Waals surface area contributed by atoms with Crippen LogP contribution in [0.4, 0.5) is 11.5 Å². The minimum Gasteiger partial charge on any atom is -0.480 e. The fourth-order valence-electron chi connectivity index (χ4n) is 1.32. The van der Waals surface area contributed by atoms with E-state index >= 15 is 0 Å². The van der Waals surface area contributed by atoms with Crippen LogP contribution in [-0.4, -0.2) is 27.0 Å². The fourth-order valence-corrected chi connectivity index (χ4v) is 1.32. The van der Waals surface area contributed by atoms with Crippen LogP contribution >= 0.6 is 0 Å². The fraction of sp³-hybridized carbons (Fsp3) is 0.400. The van der Waals surface area contributed by atoms with Crippen LogP contribution in [0, 0.1) is 16.0 Å². The summed E-state index contributed by atoms with van der Waals surface area (Å²) < 4.78 is 0. The predicted octanol–water partition coefficient (Wildman–Crippen LogP) is 1.51. The van der Waals surface area contributed by atoms with Gasteiger partial charge in [0.1, 0.15) is 6.04 Å². The van der Waals surface area contributed by atoms with Crippen LogP contribution in [0.5, 0.6) is 0 Å². The molecule has 17 heavy (non-hydrogen) atoms. The molecule has 0 aliphatic heterocycles. The first-order valence-corrected chi connectivity index (χ1v) is 5.02. The Bertz CT molecular complexity index is 433. The van der Waals surface area contributed by atoms with E-state index < -0.39 is 16.9 Å². The molecule has 2 N–H and O–H groups in total. The van der Waals surface area contributed by atoms with Crippen molar-refractivity contribution >= 4 is 17.5 Å². The quantitative estimate of drug-likeness (QED) is 0.596. The lowest BCUT2D eigenvalue weighted by molar-refractivity contribution is -0.384. The maximum atomic E-state index is 11.0. The Hall–Kier alpha value is -2.18. The largest absolute Gasteiger partial charge is 0.480 e. The second kappa shape index (κ2) is 5.24.